The topological polar surface area (TPSA) is 102 Å². The Kier molecular flexibility index (Phi) is 5.46. The van der Waals surface area contributed by atoms with Gasteiger partial charge in [-0.1, -0.05) is 40.7 Å². The van der Waals surface area contributed by atoms with Crippen LogP contribution < -0.4 is 15.0 Å². The van der Waals surface area contributed by atoms with Crippen molar-refractivity contribution < 1.29 is 18.7 Å². The summed E-state index contributed by atoms with van der Waals surface area (Å²) in [6, 6.07) is 11.4. The van der Waals surface area contributed by atoms with Crippen LogP contribution >= 0.6 is 11.8 Å². The lowest BCUT2D eigenvalue weighted by atomic mass is 10.1. The van der Waals surface area contributed by atoms with Gasteiger partial charge in [0.25, 0.3) is 5.56 Å². The molecule has 4 heterocycles. The van der Waals surface area contributed by atoms with Crippen LogP contribution in [0, 0.1) is 6.92 Å². The van der Waals surface area contributed by atoms with Crippen LogP contribution in [0.4, 0.5) is 0 Å². The molecule has 0 bridgehead atoms. The number of ether oxygens (including phenoxy) is 3. The van der Waals surface area contributed by atoms with E-state index in [2.05, 4.69) is 10.1 Å². The summed E-state index contributed by atoms with van der Waals surface area (Å²) >= 11 is 1.39. The Morgan fingerprint density at radius 3 is 2.85 bits per heavy atom. The molecule has 0 aliphatic carbocycles. The fourth-order valence-electron chi connectivity index (χ4n) is 4.20. The van der Waals surface area contributed by atoms with Gasteiger partial charge in [-0.2, -0.15) is 4.98 Å². The Bertz CT molecular complexity index is 1430. The van der Waals surface area contributed by atoms with Crippen molar-refractivity contribution in [1.29, 1.82) is 0 Å². The smallest absolute Gasteiger partial charge is 0.262 e. The lowest BCUT2D eigenvalue weighted by molar-refractivity contribution is 0.0937. The monoisotopic (exact) mass is 478 g/mol. The Hall–Kier alpha value is -3.37. The molecule has 9 nitrogen and oxygen atoms in total. The summed E-state index contributed by atoms with van der Waals surface area (Å²) in [6.07, 6.45) is 1.89. The molecule has 0 spiro atoms. The zero-order valence-corrected chi connectivity index (χ0v) is 19.3. The molecular formula is C24H22N4O5S. The maximum atomic E-state index is 13.5. The quantitative estimate of drug-likeness (QED) is 0.301. The van der Waals surface area contributed by atoms with Crippen LogP contribution in [0.5, 0.6) is 11.5 Å². The Morgan fingerprint density at radius 1 is 1.15 bits per heavy atom. The summed E-state index contributed by atoms with van der Waals surface area (Å²) in [5.41, 5.74) is 2.45. The van der Waals surface area contributed by atoms with Crippen LogP contribution in [0.25, 0.3) is 22.3 Å². The highest BCUT2D eigenvalue weighted by Gasteiger charge is 2.23. The lowest BCUT2D eigenvalue weighted by Gasteiger charge is -2.16. The van der Waals surface area contributed by atoms with Crippen LogP contribution in [0.3, 0.4) is 0 Å². The molecule has 0 amide bonds. The molecule has 174 valence electrons. The van der Waals surface area contributed by atoms with E-state index in [9.17, 15) is 4.79 Å². The molecule has 6 rings (SSSR count). The fraction of sp³-hybridized carbons (Fsp3) is 0.333. The fourth-order valence-corrected chi connectivity index (χ4v) is 5.04. The zero-order valence-electron chi connectivity index (χ0n) is 18.5. The first-order valence-electron chi connectivity index (χ1n) is 11.1. The Morgan fingerprint density at radius 2 is 2.03 bits per heavy atom. The van der Waals surface area contributed by atoms with E-state index in [1.54, 1.807) is 16.7 Å². The van der Waals surface area contributed by atoms with E-state index >= 15 is 0 Å². The van der Waals surface area contributed by atoms with Gasteiger partial charge in [0, 0.05) is 18.2 Å². The highest BCUT2D eigenvalue weighted by atomic mass is 32.2. The highest BCUT2D eigenvalue weighted by Crippen LogP contribution is 2.35. The van der Waals surface area contributed by atoms with Gasteiger partial charge in [0.15, 0.2) is 16.7 Å². The molecular weight excluding hydrogens is 456 g/mol. The number of fused-ring (bicyclic) bond motifs is 2. The first kappa shape index (κ1) is 21.2. The van der Waals surface area contributed by atoms with Crippen molar-refractivity contribution in [2.45, 2.75) is 43.3 Å². The number of rotatable bonds is 6. The largest absolute Gasteiger partial charge is 0.454 e. The molecule has 2 aliphatic heterocycles. The molecule has 0 radical (unpaired) electrons. The van der Waals surface area contributed by atoms with Crippen LogP contribution in [0.1, 0.15) is 24.3 Å². The van der Waals surface area contributed by atoms with Crippen LogP contribution in [-0.4, -0.2) is 39.2 Å². The van der Waals surface area contributed by atoms with E-state index in [-0.39, 0.29) is 18.5 Å². The standard InChI is InChI=1S/C24H22N4O5S/c1-14-4-2-5-15(8-14)22-26-21(33-27-22)12-34-24-25-18-10-20-19(31-13-32-20)9-17(18)23(29)28(24)11-16-6-3-7-30-16/h2,4-5,8-10,16H,3,6-7,11-13H2,1H3/t16-/m1/s1. The third-order valence-corrected chi connectivity index (χ3v) is 6.85. The number of hydrogen-bond donors (Lipinski definition) is 0. The summed E-state index contributed by atoms with van der Waals surface area (Å²) in [7, 11) is 0. The summed E-state index contributed by atoms with van der Waals surface area (Å²) in [5, 5.41) is 5.18. The van der Waals surface area contributed by atoms with Crippen LogP contribution in [0.15, 0.2) is 50.9 Å². The van der Waals surface area contributed by atoms with E-state index in [4.69, 9.17) is 23.7 Å². The van der Waals surface area contributed by atoms with Gasteiger partial charge in [-0.05, 0) is 31.9 Å². The van der Waals surface area contributed by atoms with Crippen molar-refractivity contribution in [3.8, 4) is 22.9 Å². The van der Waals surface area contributed by atoms with E-state index in [1.165, 1.54) is 11.8 Å². The van der Waals surface area contributed by atoms with Crippen LogP contribution in [0.2, 0.25) is 0 Å². The molecule has 1 atom stereocenters. The summed E-state index contributed by atoms with van der Waals surface area (Å²) in [6.45, 7) is 3.31. The summed E-state index contributed by atoms with van der Waals surface area (Å²) < 4.78 is 23.9. The van der Waals surface area contributed by atoms with E-state index in [0.717, 1.165) is 24.0 Å². The Balaban J connectivity index is 1.32. The number of thioether (sulfide) groups is 1. The van der Waals surface area contributed by atoms with Gasteiger partial charge >= 0.3 is 0 Å². The predicted octanol–water partition coefficient (Wildman–Crippen LogP) is 3.95. The van der Waals surface area contributed by atoms with Gasteiger partial charge in [0.2, 0.25) is 18.5 Å². The van der Waals surface area contributed by atoms with Gasteiger partial charge in [-0.25, -0.2) is 4.98 Å². The Labute approximate surface area is 199 Å². The molecule has 1 saturated heterocycles. The number of benzene rings is 2. The molecule has 2 aromatic carbocycles. The lowest BCUT2D eigenvalue weighted by Crippen LogP contribution is -2.28. The normalized spacial score (nSPS) is 17.0. The second-order valence-corrected chi connectivity index (χ2v) is 9.28. The van der Waals surface area contributed by atoms with Gasteiger partial charge in [0.1, 0.15) is 0 Å². The summed E-state index contributed by atoms with van der Waals surface area (Å²) in [4.78, 5) is 22.8. The molecule has 0 unspecified atom stereocenters. The third-order valence-electron chi connectivity index (χ3n) is 5.89. The molecule has 10 heteroatoms. The highest BCUT2D eigenvalue weighted by molar-refractivity contribution is 7.98. The average Bonchev–Trinajstić information content (AvgIpc) is 3.61. The molecule has 2 aliphatic rings. The third kappa shape index (κ3) is 4.03. The molecule has 1 fully saturated rings. The second-order valence-electron chi connectivity index (χ2n) is 8.34. The van der Waals surface area contributed by atoms with Gasteiger partial charge < -0.3 is 18.7 Å². The maximum Gasteiger partial charge on any atom is 0.262 e. The van der Waals surface area contributed by atoms with Gasteiger partial charge in [-0.3, -0.25) is 9.36 Å². The molecule has 34 heavy (non-hydrogen) atoms. The van der Waals surface area contributed by atoms with Gasteiger partial charge in [-0.15, -0.1) is 0 Å². The molecule has 0 N–H and O–H groups in total. The van der Waals surface area contributed by atoms with Crippen LogP contribution in [-0.2, 0) is 17.0 Å². The minimum absolute atomic E-state index is 0.0124. The predicted molar refractivity (Wildman–Crippen MR) is 125 cm³/mol. The van der Waals surface area contributed by atoms with E-state index in [0.29, 0.717) is 58.2 Å². The number of nitrogens with zero attached hydrogens (tertiary/aromatic N) is 4. The maximum absolute atomic E-state index is 13.5. The van der Waals surface area contributed by atoms with Gasteiger partial charge in [0.05, 0.1) is 29.3 Å². The van der Waals surface area contributed by atoms with E-state index in [1.807, 2.05) is 31.2 Å². The zero-order chi connectivity index (χ0) is 23.1. The average molecular weight is 479 g/mol. The van der Waals surface area contributed by atoms with Crippen molar-refractivity contribution in [3.63, 3.8) is 0 Å². The number of aryl methyl sites for hydroxylation is 1. The minimum atomic E-state index is -0.132. The molecule has 2 aromatic heterocycles. The molecule has 0 saturated carbocycles. The van der Waals surface area contributed by atoms with Crippen molar-refractivity contribution in [2.24, 2.45) is 0 Å². The number of aromatic nitrogens is 4. The van der Waals surface area contributed by atoms with Crippen molar-refractivity contribution in [1.82, 2.24) is 19.7 Å². The van der Waals surface area contributed by atoms with Crippen molar-refractivity contribution in [2.75, 3.05) is 13.4 Å². The van der Waals surface area contributed by atoms with E-state index < -0.39 is 0 Å². The van der Waals surface area contributed by atoms with Crippen molar-refractivity contribution >= 4 is 22.7 Å². The minimum Gasteiger partial charge on any atom is -0.454 e. The SMILES string of the molecule is Cc1cccc(-c2noc(CSc3nc4cc5c(cc4c(=O)n3C[C@H]3CCCO3)OCO5)n2)c1. The second kappa shape index (κ2) is 8.77. The first-order chi connectivity index (χ1) is 16.6. The molecule has 4 aromatic rings. The summed E-state index contributed by atoms with van der Waals surface area (Å²) in [5.74, 6) is 2.53. The van der Waals surface area contributed by atoms with Crippen molar-refractivity contribution in [3.05, 3.63) is 58.2 Å². The first-order valence-corrected chi connectivity index (χ1v) is 12.1. The number of hydrogen-bond acceptors (Lipinski definition) is 9.